The Morgan fingerprint density at radius 2 is 0.788 bits per heavy atom. The molecule has 15 nitrogen and oxygen atoms in total. The average molecular weight is 1180 g/mol. The van der Waals surface area contributed by atoms with Crippen LogP contribution in [-0.4, -0.2) is 33.4 Å². The van der Waals surface area contributed by atoms with Gasteiger partial charge in [0.15, 0.2) is 17.2 Å². The van der Waals surface area contributed by atoms with Gasteiger partial charge in [-0.25, -0.2) is 14.4 Å². The predicted molar refractivity (Wildman–Crippen MR) is 257 cm³/mol. The Morgan fingerprint density at radius 1 is 0.470 bits per heavy atom. The van der Waals surface area contributed by atoms with Gasteiger partial charge in [-0.3, -0.25) is 0 Å². The van der Waals surface area contributed by atoms with Crippen molar-refractivity contribution in [3.8, 4) is 35.5 Å². The summed E-state index contributed by atoms with van der Waals surface area (Å²) in [5, 5.41) is 70.6. The number of alkyl halides is 3. The van der Waals surface area contributed by atoms with Crippen molar-refractivity contribution in [2.45, 2.75) is 6.18 Å². The summed E-state index contributed by atoms with van der Waals surface area (Å²) in [6.07, 6.45) is -4.94. The number of hydrogen-bond acceptors (Lipinski definition) is 9. The number of carbonyl (C=O) groups excluding carboxylic acids is 3. The van der Waals surface area contributed by atoms with Crippen LogP contribution in [0.1, 0.15) is 22.3 Å². The van der Waals surface area contributed by atoms with Crippen molar-refractivity contribution in [2.75, 3.05) is 31.9 Å². The van der Waals surface area contributed by atoms with Crippen molar-refractivity contribution in [1.29, 1.82) is 15.8 Å². The summed E-state index contributed by atoms with van der Waals surface area (Å²) < 4.78 is 41.2. The van der Waals surface area contributed by atoms with Gasteiger partial charge in [0.25, 0.3) is 0 Å². The summed E-state index contributed by atoms with van der Waals surface area (Å²) in [5.74, 6) is -1.77. The van der Waals surface area contributed by atoms with Gasteiger partial charge in [0, 0.05) is 13.4 Å². The molecule has 23 heteroatoms. The fourth-order valence-corrected chi connectivity index (χ4v) is 6.88. The van der Waals surface area contributed by atoms with Gasteiger partial charge in [0.2, 0.25) is 0 Å². The van der Waals surface area contributed by atoms with E-state index in [0.29, 0.717) is 21.5 Å². The third-order valence-electron chi connectivity index (χ3n) is 8.17. The standard InChI is InChI=1S/C15H9BrF3N3O2.C14H9Br2N3O2.C14H9BrClN3O2/c16-9-3-1-2-4-10(9)21-14(24)22-11-6-5-8(7-20)12(13(11)23)15(17,18)19;2*15-9-3-1-2-4-10(9)18-14(21)19-11-6-5-8(7-17)12(16)13(11)20/h1-6,23H,(H2,21,22,24);2*1-6,20H,(H2,18,19,21). The van der Waals surface area contributed by atoms with E-state index in [-0.39, 0.29) is 43.5 Å². The summed E-state index contributed by atoms with van der Waals surface area (Å²) in [4.78, 5) is 35.7. The first kappa shape index (κ1) is 51.6. The molecule has 6 aromatic carbocycles. The van der Waals surface area contributed by atoms with E-state index in [1.54, 1.807) is 60.7 Å². The number of phenolic OH excluding ortho intramolecular Hbond substituents is 3. The monoisotopic (exact) mass is 1170 g/mol. The number of carbonyl (C=O) groups is 3. The molecular formula is C43H27Br4ClF3N9O6. The lowest BCUT2D eigenvalue weighted by molar-refractivity contribution is -0.138. The highest BCUT2D eigenvalue weighted by Gasteiger charge is 2.38. The van der Waals surface area contributed by atoms with Crippen molar-refractivity contribution < 1.29 is 42.9 Å². The Bertz CT molecular complexity index is 2820. The lowest BCUT2D eigenvalue weighted by Crippen LogP contribution is -2.20. The van der Waals surface area contributed by atoms with E-state index in [9.17, 15) is 42.9 Å². The molecule has 9 N–H and O–H groups in total. The number of phenols is 3. The van der Waals surface area contributed by atoms with E-state index in [2.05, 4.69) is 95.6 Å². The van der Waals surface area contributed by atoms with Crippen LogP contribution in [0.15, 0.2) is 127 Å². The largest absolute Gasteiger partial charge is 0.505 e. The molecule has 0 saturated carbocycles. The van der Waals surface area contributed by atoms with Gasteiger partial charge in [0.1, 0.15) is 22.7 Å². The fraction of sp³-hybridized carbons (Fsp3) is 0.0233. The first-order valence-electron chi connectivity index (χ1n) is 17.9. The van der Waals surface area contributed by atoms with Gasteiger partial charge in [-0.2, -0.15) is 29.0 Å². The van der Waals surface area contributed by atoms with Crippen molar-refractivity contribution >= 4 is 128 Å². The maximum Gasteiger partial charge on any atom is 0.421 e. The molecule has 6 amide bonds. The SMILES string of the molecule is N#Cc1ccc(NC(=O)Nc2ccccc2Br)c(O)c1Br.N#Cc1ccc(NC(=O)Nc2ccccc2Br)c(O)c1C(F)(F)F.N#Cc1ccc(NC(=O)Nc2ccccc2Br)c(O)c1Cl. The highest BCUT2D eigenvalue weighted by molar-refractivity contribution is 9.11. The van der Waals surface area contributed by atoms with Crippen LogP contribution in [0.4, 0.5) is 61.7 Å². The van der Waals surface area contributed by atoms with Crippen molar-refractivity contribution in [3.05, 3.63) is 154 Å². The fourth-order valence-electron chi connectivity index (χ4n) is 5.09. The zero-order chi connectivity index (χ0) is 48.7. The van der Waals surface area contributed by atoms with Crippen LogP contribution in [0.5, 0.6) is 17.2 Å². The van der Waals surface area contributed by atoms with Crippen LogP contribution in [0.3, 0.4) is 0 Å². The lowest BCUT2D eigenvalue weighted by Gasteiger charge is -2.15. The molecule has 6 rings (SSSR count). The minimum absolute atomic E-state index is 0.101. The summed E-state index contributed by atoms with van der Waals surface area (Å²) in [6, 6.07) is 31.7. The summed E-state index contributed by atoms with van der Waals surface area (Å²) in [7, 11) is 0. The molecule has 0 spiro atoms. The van der Waals surface area contributed by atoms with E-state index >= 15 is 0 Å². The van der Waals surface area contributed by atoms with E-state index in [1.807, 2.05) is 24.3 Å². The summed E-state index contributed by atoms with van der Waals surface area (Å²) in [5.41, 5.74) is -0.411. The van der Waals surface area contributed by atoms with E-state index in [4.69, 9.17) is 27.4 Å². The Kier molecular flexibility index (Phi) is 18.6. The molecule has 0 atom stereocenters. The van der Waals surface area contributed by atoms with Gasteiger partial charge in [0.05, 0.1) is 61.4 Å². The molecule has 6 aromatic rings. The zero-order valence-electron chi connectivity index (χ0n) is 32.8. The maximum atomic E-state index is 13.0. The van der Waals surface area contributed by atoms with Gasteiger partial charge >= 0.3 is 24.3 Å². The normalized spacial score (nSPS) is 10.1. The molecule has 336 valence electrons. The Balaban J connectivity index is 0.000000217. The second-order valence-corrected chi connectivity index (χ2v) is 16.3. The van der Waals surface area contributed by atoms with Crippen LogP contribution in [0.25, 0.3) is 0 Å². The number of para-hydroxylation sites is 3. The molecule has 0 aliphatic heterocycles. The summed E-state index contributed by atoms with van der Waals surface area (Å²) in [6.45, 7) is 0. The Morgan fingerprint density at radius 3 is 1.15 bits per heavy atom. The minimum atomic E-state index is -4.94. The molecule has 0 aliphatic carbocycles. The number of amides is 6. The number of rotatable bonds is 6. The molecule has 0 fully saturated rings. The third-order valence-corrected chi connectivity index (χ3v) is 11.4. The smallest absolute Gasteiger partial charge is 0.421 e. The number of urea groups is 3. The molecule has 0 bridgehead atoms. The van der Waals surface area contributed by atoms with Gasteiger partial charge < -0.3 is 47.2 Å². The van der Waals surface area contributed by atoms with E-state index in [0.717, 1.165) is 21.1 Å². The second-order valence-electron chi connectivity index (χ2n) is 12.5. The predicted octanol–water partition coefficient (Wildman–Crippen LogP) is 13.4. The van der Waals surface area contributed by atoms with Crippen LogP contribution in [-0.2, 0) is 6.18 Å². The molecule has 0 heterocycles. The highest BCUT2D eigenvalue weighted by Crippen LogP contribution is 2.42. The number of nitrogens with zero attached hydrogens (tertiary/aromatic N) is 3. The highest BCUT2D eigenvalue weighted by atomic mass is 79.9. The van der Waals surface area contributed by atoms with Crippen molar-refractivity contribution in [3.63, 3.8) is 0 Å². The van der Waals surface area contributed by atoms with Crippen LogP contribution < -0.4 is 31.9 Å². The van der Waals surface area contributed by atoms with Crippen LogP contribution in [0, 0.1) is 34.0 Å². The number of hydrogen-bond donors (Lipinski definition) is 9. The molecule has 0 saturated heterocycles. The third kappa shape index (κ3) is 14.0. The number of nitrogens with one attached hydrogen (secondary N) is 6. The number of aromatic hydroxyl groups is 3. The van der Waals surface area contributed by atoms with Crippen molar-refractivity contribution in [2.24, 2.45) is 0 Å². The number of anilines is 6. The van der Waals surface area contributed by atoms with Crippen molar-refractivity contribution in [1.82, 2.24) is 0 Å². The molecule has 0 unspecified atom stereocenters. The van der Waals surface area contributed by atoms with Crippen LogP contribution in [0.2, 0.25) is 5.02 Å². The first-order valence-corrected chi connectivity index (χ1v) is 21.5. The van der Waals surface area contributed by atoms with Gasteiger partial charge in [-0.05, 0) is 137 Å². The minimum Gasteiger partial charge on any atom is -0.505 e. The first-order chi connectivity index (χ1) is 31.3. The van der Waals surface area contributed by atoms with Gasteiger partial charge in [-0.1, -0.05) is 48.0 Å². The Hall–Kier alpha value is -7.00. The molecule has 66 heavy (non-hydrogen) atoms. The quantitative estimate of drug-likeness (QED) is 0.0718. The lowest BCUT2D eigenvalue weighted by atomic mass is 10.1. The Labute approximate surface area is 411 Å². The number of nitriles is 3. The number of halogens is 8. The molecule has 0 radical (unpaired) electrons. The molecular weight excluding hydrogens is 1150 g/mol. The van der Waals surface area contributed by atoms with Crippen LogP contribution >= 0.6 is 75.3 Å². The van der Waals surface area contributed by atoms with Gasteiger partial charge in [-0.15, -0.1) is 0 Å². The second kappa shape index (κ2) is 23.8. The topological polar surface area (TPSA) is 255 Å². The zero-order valence-corrected chi connectivity index (χ0v) is 39.9. The number of benzene rings is 6. The summed E-state index contributed by atoms with van der Waals surface area (Å²) >= 11 is 18.8. The molecule has 0 aromatic heterocycles. The average Bonchev–Trinajstić information content (AvgIpc) is 3.27. The van der Waals surface area contributed by atoms with E-state index in [1.165, 1.54) is 30.3 Å². The van der Waals surface area contributed by atoms with E-state index < -0.39 is 46.8 Å². The molecule has 0 aliphatic rings. The maximum absolute atomic E-state index is 13.0.